The van der Waals surface area contributed by atoms with Crippen LogP contribution in [0.4, 0.5) is 13.2 Å². The van der Waals surface area contributed by atoms with Crippen LogP contribution < -0.4 is 0 Å². The third-order valence-electron chi connectivity index (χ3n) is 4.05. The lowest BCUT2D eigenvalue weighted by molar-refractivity contribution is 0.445. The summed E-state index contributed by atoms with van der Waals surface area (Å²) >= 11 is 0. The van der Waals surface area contributed by atoms with Gasteiger partial charge in [-0.2, -0.15) is 5.10 Å². The van der Waals surface area contributed by atoms with Gasteiger partial charge in [0.25, 0.3) is 0 Å². The van der Waals surface area contributed by atoms with Crippen molar-refractivity contribution < 1.29 is 13.2 Å². The van der Waals surface area contributed by atoms with Crippen molar-refractivity contribution >= 4 is 10.9 Å². The number of pyridine rings is 1. The van der Waals surface area contributed by atoms with Crippen LogP contribution >= 0.6 is 0 Å². The number of nitrogens with zero attached hydrogens (tertiary/aromatic N) is 2. The number of hydrogen-bond acceptors (Lipinski definition) is 2. The van der Waals surface area contributed by atoms with E-state index >= 15 is 0 Å². The molecular formula is C21H12F3N3. The van der Waals surface area contributed by atoms with E-state index < -0.39 is 17.5 Å². The van der Waals surface area contributed by atoms with Crippen molar-refractivity contribution in [3.63, 3.8) is 0 Å². The van der Waals surface area contributed by atoms with Gasteiger partial charge in [0.05, 0.1) is 5.52 Å². The van der Waals surface area contributed by atoms with Crippen molar-refractivity contribution in [3.05, 3.63) is 94.7 Å². The number of benzene rings is 2. The average molecular weight is 363 g/mol. The van der Waals surface area contributed by atoms with Gasteiger partial charge in [-0.15, -0.1) is 0 Å². The standard InChI is InChI=1S/C21H12F3N3/c22-17-11-14(12-18(23)21(17)24)9-13-4-6-19-16(10-13)20(27-26-19)7-5-15-3-1-2-8-25-15/h1-4,6,8,10-12H,9H2,(H,26,27). The summed E-state index contributed by atoms with van der Waals surface area (Å²) in [5.41, 5.74) is 3.11. The maximum absolute atomic E-state index is 13.4. The van der Waals surface area contributed by atoms with E-state index in [-0.39, 0.29) is 6.42 Å². The molecule has 6 heteroatoms. The predicted octanol–water partition coefficient (Wildman–Crippen LogP) is 4.37. The first-order chi connectivity index (χ1) is 13.1. The summed E-state index contributed by atoms with van der Waals surface area (Å²) in [6.45, 7) is 0. The molecule has 0 aliphatic rings. The molecule has 0 spiro atoms. The summed E-state index contributed by atoms with van der Waals surface area (Å²) < 4.78 is 39.9. The number of fused-ring (bicyclic) bond motifs is 1. The topological polar surface area (TPSA) is 41.6 Å². The zero-order valence-corrected chi connectivity index (χ0v) is 13.9. The van der Waals surface area contributed by atoms with Crippen LogP contribution in [0.25, 0.3) is 10.9 Å². The Morgan fingerprint density at radius 3 is 2.44 bits per heavy atom. The minimum Gasteiger partial charge on any atom is -0.277 e. The molecule has 132 valence electrons. The van der Waals surface area contributed by atoms with Crippen LogP contribution in [-0.2, 0) is 6.42 Å². The molecule has 0 amide bonds. The first-order valence-corrected chi connectivity index (χ1v) is 8.13. The van der Waals surface area contributed by atoms with Crippen LogP contribution in [0.5, 0.6) is 0 Å². The van der Waals surface area contributed by atoms with Crippen molar-refractivity contribution in [1.82, 2.24) is 15.2 Å². The number of halogens is 3. The van der Waals surface area contributed by atoms with Gasteiger partial charge in [0.15, 0.2) is 17.5 Å². The summed E-state index contributed by atoms with van der Waals surface area (Å²) in [7, 11) is 0. The Kier molecular flexibility index (Phi) is 4.35. The first kappa shape index (κ1) is 16.9. The highest BCUT2D eigenvalue weighted by atomic mass is 19.2. The Morgan fingerprint density at radius 1 is 0.889 bits per heavy atom. The molecule has 27 heavy (non-hydrogen) atoms. The minimum atomic E-state index is -1.46. The lowest BCUT2D eigenvalue weighted by Crippen LogP contribution is -1.96. The van der Waals surface area contributed by atoms with E-state index in [1.165, 1.54) is 0 Å². The maximum Gasteiger partial charge on any atom is 0.194 e. The molecule has 0 saturated heterocycles. The molecule has 0 saturated carbocycles. The van der Waals surface area contributed by atoms with E-state index in [0.717, 1.165) is 28.6 Å². The highest BCUT2D eigenvalue weighted by molar-refractivity contribution is 5.84. The van der Waals surface area contributed by atoms with Crippen molar-refractivity contribution in [2.75, 3.05) is 0 Å². The molecule has 0 aliphatic carbocycles. The van der Waals surface area contributed by atoms with Crippen molar-refractivity contribution in [2.45, 2.75) is 6.42 Å². The fourth-order valence-corrected chi connectivity index (χ4v) is 2.77. The molecular weight excluding hydrogens is 351 g/mol. The second-order valence-corrected chi connectivity index (χ2v) is 5.97. The molecule has 4 rings (SSSR count). The SMILES string of the molecule is Fc1cc(Cc2ccc3[nH]nc(C#Cc4ccccn4)c3c2)cc(F)c1F. The van der Waals surface area contributed by atoms with Crippen molar-refractivity contribution in [2.24, 2.45) is 0 Å². The Bertz CT molecular complexity index is 1160. The van der Waals surface area contributed by atoms with Crippen LogP contribution in [-0.4, -0.2) is 15.2 Å². The van der Waals surface area contributed by atoms with E-state index in [4.69, 9.17) is 0 Å². The average Bonchev–Trinajstić information content (AvgIpc) is 3.07. The fraction of sp³-hybridized carbons (Fsp3) is 0.0476. The quantitative estimate of drug-likeness (QED) is 0.425. The lowest BCUT2D eigenvalue weighted by Gasteiger charge is -2.04. The number of aromatic amines is 1. The molecule has 1 N–H and O–H groups in total. The second-order valence-electron chi connectivity index (χ2n) is 5.97. The predicted molar refractivity (Wildman–Crippen MR) is 95.4 cm³/mol. The van der Waals surface area contributed by atoms with Crippen LogP contribution in [0.15, 0.2) is 54.7 Å². The fourth-order valence-electron chi connectivity index (χ4n) is 2.77. The summed E-state index contributed by atoms with van der Waals surface area (Å²) in [5.74, 6) is 2.06. The normalized spacial score (nSPS) is 10.6. The van der Waals surface area contributed by atoms with Gasteiger partial charge in [-0.1, -0.05) is 12.1 Å². The maximum atomic E-state index is 13.4. The Balaban J connectivity index is 1.67. The summed E-state index contributed by atoms with van der Waals surface area (Å²) in [5, 5.41) is 7.89. The van der Waals surface area contributed by atoms with Gasteiger partial charge < -0.3 is 0 Å². The van der Waals surface area contributed by atoms with Crippen LogP contribution in [0.3, 0.4) is 0 Å². The Morgan fingerprint density at radius 2 is 1.70 bits per heavy atom. The number of hydrogen-bond donors (Lipinski definition) is 1. The van der Waals surface area contributed by atoms with Crippen LogP contribution in [0, 0.1) is 29.3 Å². The molecule has 0 bridgehead atoms. The van der Waals surface area contributed by atoms with Crippen LogP contribution in [0.1, 0.15) is 22.5 Å². The summed E-state index contributed by atoms with van der Waals surface area (Å²) in [6, 6.07) is 12.9. The number of aromatic nitrogens is 3. The van der Waals surface area contributed by atoms with E-state index in [9.17, 15) is 13.2 Å². The molecule has 0 radical (unpaired) electrons. The van der Waals surface area contributed by atoms with E-state index in [0.29, 0.717) is 17.0 Å². The molecule has 2 aromatic carbocycles. The number of nitrogens with one attached hydrogen (secondary N) is 1. The van der Waals surface area contributed by atoms with Gasteiger partial charge in [0, 0.05) is 11.6 Å². The smallest absolute Gasteiger partial charge is 0.194 e. The Labute approximate surface area is 152 Å². The summed E-state index contributed by atoms with van der Waals surface area (Å²) in [4.78, 5) is 4.14. The largest absolute Gasteiger partial charge is 0.277 e. The lowest BCUT2D eigenvalue weighted by atomic mass is 10.0. The monoisotopic (exact) mass is 363 g/mol. The third kappa shape index (κ3) is 3.53. The third-order valence-corrected chi connectivity index (χ3v) is 4.05. The molecule has 0 fully saturated rings. The molecule has 3 nitrogen and oxygen atoms in total. The minimum absolute atomic E-state index is 0.252. The molecule has 0 atom stereocenters. The summed E-state index contributed by atoms with van der Waals surface area (Å²) in [6.07, 6.45) is 1.91. The van der Waals surface area contributed by atoms with Crippen molar-refractivity contribution in [3.8, 4) is 11.8 Å². The molecule has 2 heterocycles. The number of H-pyrrole nitrogens is 1. The van der Waals surface area contributed by atoms with Gasteiger partial charge in [-0.05, 0) is 65.8 Å². The molecule has 0 aliphatic heterocycles. The van der Waals surface area contributed by atoms with Gasteiger partial charge in [0.2, 0.25) is 0 Å². The highest BCUT2D eigenvalue weighted by Crippen LogP contribution is 2.21. The van der Waals surface area contributed by atoms with E-state index in [2.05, 4.69) is 27.0 Å². The highest BCUT2D eigenvalue weighted by Gasteiger charge is 2.11. The molecule has 4 aromatic rings. The Hall–Kier alpha value is -3.59. The van der Waals surface area contributed by atoms with Gasteiger partial charge in [-0.25, -0.2) is 18.2 Å². The van der Waals surface area contributed by atoms with Gasteiger partial charge >= 0.3 is 0 Å². The van der Waals surface area contributed by atoms with E-state index in [1.807, 2.05) is 30.3 Å². The van der Waals surface area contributed by atoms with Crippen LogP contribution in [0.2, 0.25) is 0 Å². The number of rotatable bonds is 2. The second kappa shape index (κ2) is 6.96. The molecule has 2 aromatic heterocycles. The molecule has 0 unspecified atom stereocenters. The van der Waals surface area contributed by atoms with Gasteiger partial charge in [-0.3, -0.25) is 5.10 Å². The first-order valence-electron chi connectivity index (χ1n) is 8.13. The van der Waals surface area contributed by atoms with Gasteiger partial charge in [0.1, 0.15) is 11.4 Å². The zero-order chi connectivity index (χ0) is 18.8. The van der Waals surface area contributed by atoms with Crippen molar-refractivity contribution in [1.29, 1.82) is 0 Å². The van der Waals surface area contributed by atoms with E-state index in [1.54, 1.807) is 12.3 Å². The zero-order valence-electron chi connectivity index (χ0n) is 13.9.